The lowest BCUT2D eigenvalue weighted by atomic mass is 10.2. The van der Waals surface area contributed by atoms with E-state index in [4.69, 9.17) is 27.2 Å². The summed E-state index contributed by atoms with van der Waals surface area (Å²) < 4.78 is 5.00. The van der Waals surface area contributed by atoms with Gasteiger partial charge in [-0.2, -0.15) is 4.98 Å². The maximum absolute atomic E-state index is 10.7. The molecule has 5 nitrogen and oxygen atoms in total. The van der Waals surface area contributed by atoms with E-state index < -0.39 is 5.97 Å². The molecule has 0 unspecified atom stereocenters. The number of carbonyl (C=O) groups is 1. The number of halogens is 1. The fraction of sp³-hybridized carbons (Fsp3) is 0.250. The molecule has 1 aromatic heterocycles. The van der Waals surface area contributed by atoms with Gasteiger partial charge in [-0.1, -0.05) is 11.6 Å². The molecule has 0 saturated heterocycles. The number of carboxylic acid groups (broad SMARTS) is 1. The summed E-state index contributed by atoms with van der Waals surface area (Å²) in [7, 11) is 0. The van der Waals surface area contributed by atoms with Crippen LogP contribution in [0.15, 0.2) is 6.07 Å². The summed E-state index contributed by atoms with van der Waals surface area (Å²) >= 11 is 5.62. The van der Waals surface area contributed by atoms with Crippen LogP contribution in [-0.2, 0) is 0 Å². The van der Waals surface area contributed by atoms with Gasteiger partial charge in [-0.25, -0.2) is 4.79 Å². The molecule has 3 N–H and O–H groups in total. The molecule has 1 rings (SSSR count). The van der Waals surface area contributed by atoms with Crippen molar-refractivity contribution in [1.29, 1.82) is 0 Å². The summed E-state index contributed by atoms with van der Waals surface area (Å²) in [5.74, 6) is -1.11. The van der Waals surface area contributed by atoms with Crippen molar-refractivity contribution in [3.8, 4) is 5.88 Å². The number of ether oxygens (including phenoxy) is 1. The Balaban J connectivity index is 3.24. The van der Waals surface area contributed by atoms with Crippen molar-refractivity contribution in [2.24, 2.45) is 0 Å². The first-order valence-corrected chi connectivity index (χ1v) is 4.26. The highest BCUT2D eigenvalue weighted by Gasteiger charge is 2.15. The summed E-state index contributed by atoms with van der Waals surface area (Å²) in [5.41, 5.74) is 5.31. The standard InChI is InChI=1S/C8H9ClN2O3/c1-2-14-7-4(8(12)13)3-5(9)6(10)11-7/h3H,2H2,1H3,(H2,10,11)(H,12,13). The number of pyridine rings is 1. The fourth-order valence-electron chi connectivity index (χ4n) is 0.885. The molecule has 0 fully saturated rings. The first-order valence-electron chi connectivity index (χ1n) is 3.88. The number of carboxylic acids is 1. The van der Waals surface area contributed by atoms with Crippen molar-refractivity contribution in [2.75, 3.05) is 12.3 Å². The summed E-state index contributed by atoms with van der Waals surface area (Å²) in [4.78, 5) is 14.5. The molecule has 1 aromatic rings. The molecular formula is C8H9ClN2O3. The lowest BCUT2D eigenvalue weighted by molar-refractivity contribution is 0.0691. The summed E-state index contributed by atoms with van der Waals surface area (Å²) in [5, 5.41) is 8.89. The number of aromatic nitrogens is 1. The Morgan fingerprint density at radius 3 is 2.93 bits per heavy atom. The van der Waals surface area contributed by atoms with E-state index in [1.165, 1.54) is 6.07 Å². The highest BCUT2D eigenvalue weighted by atomic mass is 35.5. The number of anilines is 1. The van der Waals surface area contributed by atoms with E-state index in [1.807, 2.05) is 0 Å². The second-order valence-corrected chi connectivity index (χ2v) is 2.85. The van der Waals surface area contributed by atoms with Crippen LogP contribution in [0.1, 0.15) is 17.3 Å². The molecule has 0 spiro atoms. The average Bonchev–Trinajstić information content (AvgIpc) is 2.11. The van der Waals surface area contributed by atoms with Crippen molar-refractivity contribution < 1.29 is 14.6 Å². The van der Waals surface area contributed by atoms with Gasteiger partial charge in [-0.05, 0) is 13.0 Å². The Labute approximate surface area is 85.5 Å². The normalized spacial score (nSPS) is 9.86. The Hall–Kier alpha value is -1.49. The molecule has 0 atom stereocenters. The van der Waals surface area contributed by atoms with Gasteiger partial charge < -0.3 is 15.6 Å². The molecule has 0 bridgehead atoms. The largest absolute Gasteiger partial charge is 0.477 e. The molecule has 0 amide bonds. The zero-order valence-electron chi connectivity index (χ0n) is 7.45. The summed E-state index contributed by atoms with van der Waals surface area (Å²) in [6.07, 6.45) is 0. The average molecular weight is 217 g/mol. The van der Waals surface area contributed by atoms with Crippen LogP contribution < -0.4 is 10.5 Å². The zero-order chi connectivity index (χ0) is 10.7. The molecule has 76 valence electrons. The van der Waals surface area contributed by atoms with Gasteiger partial charge in [0, 0.05) is 0 Å². The van der Waals surface area contributed by atoms with Crippen LogP contribution in [0.2, 0.25) is 5.02 Å². The van der Waals surface area contributed by atoms with Crippen molar-refractivity contribution in [3.63, 3.8) is 0 Å². The minimum Gasteiger partial charge on any atom is -0.477 e. The van der Waals surface area contributed by atoms with Crippen molar-refractivity contribution >= 4 is 23.4 Å². The van der Waals surface area contributed by atoms with E-state index in [-0.39, 0.29) is 22.3 Å². The van der Waals surface area contributed by atoms with E-state index in [9.17, 15) is 4.79 Å². The highest BCUT2D eigenvalue weighted by Crippen LogP contribution is 2.24. The maximum atomic E-state index is 10.7. The molecule has 0 aliphatic carbocycles. The van der Waals surface area contributed by atoms with Crippen LogP contribution in [0.25, 0.3) is 0 Å². The maximum Gasteiger partial charge on any atom is 0.341 e. The highest BCUT2D eigenvalue weighted by molar-refractivity contribution is 6.33. The second-order valence-electron chi connectivity index (χ2n) is 2.45. The van der Waals surface area contributed by atoms with Gasteiger partial charge in [0.1, 0.15) is 11.4 Å². The number of aromatic carboxylic acids is 1. The number of hydrogen-bond acceptors (Lipinski definition) is 4. The smallest absolute Gasteiger partial charge is 0.341 e. The Morgan fingerprint density at radius 2 is 2.43 bits per heavy atom. The van der Waals surface area contributed by atoms with Gasteiger partial charge in [0.05, 0.1) is 11.6 Å². The quantitative estimate of drug-likeness (QED) is 0.798. The van der Waals surface area contributed by atoms with Crippen molar-refractivity contribution in [2.45, 2.75) is 6.92 Å². The second kappa shape index (κ2) is 4.15. The number of nitrogens with two attached hydrogens (primary N) is 1. The third-order valence-corrected chi connectivity index (χ3v) is 1.78. The van der Waals surface area contributed by atoms with Gasteiger partial charge in [0.15, 0.2) is 0 Å². The zero-order valence-corrected chi connectivity index (χ0v) is 8.21. The minimum absolute atomic E-state index is 0.0121. The molecule has 0 aromatic carbocycles. The van der Waals surface area contributed by atoms with Gasteiger partial charge >= 0.3 is 5.97 Å². The predicted molar refractivity (Wildman–Crippen MR) is 51.8 cm³/mol. The van der Waals surface area contributed by atoms with E-state index in [0.29, 0.717) is 6.61 Å². The lowest BCUT2D eigenvalue weighted by Crippen LogP contribution is -2.06. The monoisotopic (exact) mass is 216 g/mol. The number of nitrogens with zero attached hydrogens (tertiary/aromatic N) is 1. The third-order valence-electron chi connectivity index (χ3n) is 1.48. The van der Waals surface area contributed by atoms with Gasteiger partial charge in [0.25, 0.3) is 0 Å². The van der Waals surface area contributed by atoms with Crippen LogP contribution in [0.5, 0.6) is 5.88 Å². The fourth-order valence-corrected chi connectivity index (χ4v) is 1.04. The Kier molecular flexibility index (Phi) is 3.14. The Bertz CT molecular complexity index is 368. The molecule has 0 aliphatic rings. The molecule has 0 saturated carbocycles. The SMILES string of the molecule is CCOc1nc(N)c(Cl)cc1C(=O)O. The van der Waals surface area contributed by atoms with E-state index in [1.54, 1.807) is 6.92 Å². The predicted octanol–water partition coefficient (Wildman–Crippen LogP) is 1.41. The van der Waals surface area contributed by atoms with Crippen LogP contribution in [0, 0.1) is 0 Å². The number of nitrogen functional groups attached to an aromatic ring is 1. The first kappa shape index (κ1) is 10.6. The lowest BCUT2D eigenvalue weighted by Gasteiger charge is -2.07. The van der Waals surface area contributed by atoms with Crippen molar-refractivity contribution in [1.82, 2.24) is 4.98 Å². The van der Waals surface area contributed by atoms with Gasteiger partial charge in [-0.3, -0.25) is 0 Å². The molecule has 1 heterocycles. The first-order chi connectivity index (χ1) is 6.56. The molecule has 6 heteroatoms. The number of rotatable bonds is 3. The molecule has 14 heavy (non-hydrogen) atoms. The van der Waals surface area contributed by atoms with E-state index in [2.05, 4.69) is 4.98 Å². The van der Waals surface area contributed by atoms with Crippen LogP contribution in [0.4, 0.5) is 5.82 Å². The topological polar surface area (TPSA) is 85.4 Å². The third kappa shape index (κ3) is 2.05. The van der Waals surface area contributed by atoms with E-state index >= 15 is 0 Å². The van der Waals surface area contributed by atoms with Crippen LogP contribution in [0.3, 0.4) is 0 Å². The molecule has 0 aliphatic heterocycles. The van der Waals surface area contributed by atoms with Gasteiger partial charge in [0.2, 0.25) is 5.88 Å². The van der Waals surface area contributed by atoms with E-state index in [0.717, 1.165) is 0 Å². The summed E-state index contributed by atoms with van der Waals surface area (Å²) in [6, 6.07) is 1.22. The van der Waals surface area contributed by atoms with Gasteiger partial charge in [-0.15, -0.1) is 0 Å². The van der Waals surface area contributed by atoms with Crippen LogP contribution in [-0.4, -0.2) is 22.7 Å². The van der Waals surface area contributed by atoms with Crippen molar-refractivity contribution in [3.05, 3.63) is 16.7 Å². The molecule has 0 radical (unpaired) electrons. The van der Waals surface area contributed by atoms with Crippen LogP contribution >= 0.6 is 11.6 Å². The Morgan fingerprint density at radius 1 is 1.79 bits per heavy atom. The molecular weight excluding hydrogens is 208 g/mol. The summed E-state index contributed by atoms with van der Waals surface area (Å²) in [6.45, 7) is 2.03. The number of hydrogen-bond donors (Lipinski definition) is 2. The minimum atomic E-state index is -1.15.